The predicted octanol–water partition coefficient (Wildman–Crippen LogP) is 13.8. The summed E-state index contributed by atoms with van der Waals surface area (Å²) in [5.41, 5.74) is 5.73. The van der Waals surface area contributed by atoms with Crippen LogP contribution >= 0.6 is 0 Å². The Hall–Kier alpha value is -5.49. The first-order valence-corrected chi connectivity index (χ1v) is 25.1. The van der Waals surface area contributed by atoms with Crippen LogP contribution in [0, 0.1) is 16.2 Å². The Morgan fingerprint density at radius 2 is 0.580 bits per heavy atom. The first-order chi connectivity index (χ1) is 31.5. The fraction of sp³-hybridized carbons (Fsp3) is 0.476. The summed E-state index contributed by atoms with van der Waals surface area (Å²) in [4.78, 5) is 48.2. The first-order valence-electron chi connectivity index (χ1n) is 25.1. The molecule has 0 aromatic heterocycles. The summed E-state index contributed by atoms with van der Waals surface area (Å²) >= 11 is 0. The van der Waals surface area contributed by atoms with Crippen LogP contribution in [0.2, 0.25) is 0 Å². The Morgan fingerprint density at radius 1 is 0.348 bits per heavy atom. The van der Waals surface area contributed by atoms with Gasteiger partial charge < -0.3 is 14.2 Å². The highest BCUT2D eigenvalue weighted by Crippen LogP contribution is 2.57. The Balaban J connectivity index is 1.34. The molecule has 0 N–H and O–H groups in total. The third kappa shape index (κ3) is 7.26. The van der Waals surface area contributed by atoms with Crippen LogP contribution in [-0.2, 0) is 49.9 Å². The topological polar surface area (TPSA) is 78.9 Å². The number of ketones is 3. The molecule has 0 radical (unpaired) electrons. The summed E-state index contributed by atoms with van der Waals surface area (Å²) in [5, 5.41) is 0. The maximum atomic E-state index is 16.1. The Morgan fingerprint density at radius 3 is 0.783 bits per heavy atom. The minimum Gasteiger partial charge on any atom is -0.474 e. The molecular weight excluding hydrogens is 853 g/mol. The van der Waals surface area contributed by atoms with Crippen LogP contribution in [0.3, 0.4) is 0 Å². The molecule has 3 aliphatic carbocycles. The second kappa shape index (κ2) is 14.1. The van der Waals surface area contributed by atoms with Crippen LogP contribution in [0.1, 0.15) is 175 Å². The number of carbonyl (C=O) groups excluding carboxylic acids is 3. The molecule has 3 aromatic rings. The molecule has 360 valence electrons. The molecule has 0 saturated heterocycles. The minimum absolute atomic E-state index is 0.180. The Labute approximate surface area is 411 Å². The maximum absolute atomic E-state index is 16.1. The Bertz CT molecular complexity index is 2760. The van der Waals surface area contributed by atoms with Crippen molar-refractivity contribution in [2.45, 2.75) is 177 Å². The lowest BCUT2D eigenvalue weighted by Gasteiger charge is -2.36. The van der Waals surface area contributed by atoms with E-state index in [1.54, 1.807) is 0 Å². The number of Topliss-reactive ketones (excluding diaryl/α,β-unsaturated/α-hetero) is 3. The molecule has 3 aromatic carbocycles. The molecule has 4 aliphatic heterocycles. The summed E-state index contributed by atoms with van der Waals surface area (Å²) in [7, 11) is 0. The summed E-state index contributed by atoms with van der Waals surface area (Å²) in [6.07, 6.45) is 13.1. The van der Waals surface area contributed by atoms with E-state index in [9.17, 15) is 0 Å². The smallest absolute Gasteiger partial charge is 0.211 e. The molecule has 4 heterocycles. The van der Waals surface area contributed by atoms with Crippen molar-refractivity contribution < 1.29 is 28.6 Å². The van der Waals surface area contributed by atoms with E-state index in [0.717, 1.165) is 50.1 Å². The zero-order chi connectivity index (χ0) is 50.4. The van der Waals surface area contributed by atoms with Crippen LogP contribution in [0.5, 0.6) is 17.2 Å². The van der Waals surface area contributed by atoms with Crippen LogP contribution in [0.25, 0.3) is 16.7 Å². The molecule has 69 heavy (non-hydrogen) atoms. The van der Waals surface area contributed by atoms with E-state index in [1.165, 1.54) is 0 Å². The number of carbonyl (C=O) groups is 3. The molecule has 0 amide bonds. The molecule has 6 heteroatoms. The lowest BCUT2D eigenvalue weighted by Crippen LogP contribution is -2.46. The van der Waals surface area contributed by atoms with Crippen LogP contribution in [0.4, 0.5) is 0 Å². The van der Waals surface area contributed by atoms with Gasteiger partial charge in [0, 0.05) is 52.7 Å². The number of rotatable bonds is 0. The van der Waals surface area contributed by atoms with Gasteiger partial charge in [0.25, 0.3) is 0 Å². The molecular formula is C63H72O6. The van der Waals surface area contributed by atoms with E-state index < -0.39 is 16.8 Å². The summed E-state index contributed by atoms with van der Waals surface area (Å²) in [5.74, 6) is 1.11. The van der Waals surface area contributed by atoms with Crippen molar-refractivity contribution >= 4 is 34.1 Å². The zero-order valence-corrected chi connectivity index (χ0v) is 44.5. The summed E-state index contributed by atoms with van der Waals surface area (Å²) < 4.78 is 22.1. The van der Waals surface area contributed by atoms with Crippen LogP contribution in [-0.4, -0.2) is 34.2 Å². The number of allylic oxidation sites excluding steroid dienone is 6. The molecule has 0 saturated carbocycles. The van der Waals surface area contributed by atoms with Crippen molar-refractivity contribution in [2.75, 3.05) is 0 Å². The van der Waals surface area contributed by atoms with Gasteiger partial charge in [0.1, 0.15) is 17.2 Å². The van der Waals surface area contributed by atoms with Gasteiger partial charge in [-0.15, -0.1) is 0 Å². The number of benzene rings is 3. The number of fused-ring (bicyclic) bond motifs is 6. The molecule has 3 spiro atoms. The molecule has 6 nitrogen and oxygen atoms in total. The van der Waals surface area contributed by atoms with Crippen LogP contribution in [0.15, 0.2) is 89.6 Å². The quantitative estimate of drug-likeness (QED) is 0.223. The van der Waals surface area contributed by atoms with Gasteiger partial charge in [-0.05, 0) is 137 Å². The summed E-state index contributed by atoms with van der Waals surface area (Å²) in [6, 6.07) is 12.9. The van der Waals surface area contributed by atoms with E-state index in [4.69, 9.17) is 14.2 Å². The first kappa shape index (κ1) is 47.2. The zero-order valence-electron chi connectivity index (χ0n) is 44.5. The van der Waals surface area contributed by atoms with Gasteiger partial charge in [0.15, 0.2) is 16.8 Å². The number of ether oxygens (including phenoxy) is 3. The predicted molar refractivity (Wildman–Crippen MR) is 278 cm³/mol. The highest BCUT2D eigenvalue weighted by Gasteiger charge is 2.57. The van der Waals surface area contributed by atoms with E-state index >= 15 is 14.4 Å². The number of hydrogen-bond donors (Lipinski definition) is 0. The molecule has 0 fully saturated rings. The standard InChI is InChI=1S/C63H72O6/c1-55(2,3)37-19-34-28-61-31-41(59(13,14)15)26-47(53(61)65)44-23-39(57(7,8)9)21-36-30-63(69-51(36)44)33-42(60(16,17)18)27-48(54(63)66)45-24-38(56(4,5)6)20-35-29-62(68-50(35)45)32-40(58(10,11)12)25-46(52(62)64)43(22-37)49(34)67-61/h19-27,31-33H,28-30H2,1-18H3. The van der Waals surface area contributed by atoms with Gasteiger partial charge >= 0.3 is 0 Å². The fourth-order valence-electron chi connectivity index (χ4n) is 11.2. The fourth-order valence-corrected chi connectivity index (χ4v) is 11.2. The average molecular weight is 925 g/mol. The Kier molecular flexibility index (Phi) is 9.65. The third-order valence-electron chi connectivity index (χ3n) is 15.7. The molecule has 3 unspecified atom stereocenters. The highest BCUT2D eigenvalue weighted by atomic mass is 16.5. The second-order valence-corrected chi connectivity index (χ2v) is 27.5. The minimum atomic E-state index is -1.43. The van der Waals surface area contributed by atoms with E-state index in [-0.39, 0.29) is 69.1 Å². The van der Waals surface area contributed by atoms with Crippen molar-refractivity contribution in [3.05, 3.63) is 140 Å². The highest BCUT2D eigenvalue weighted by molar-refractivity contribution is 6.31. The molecule has 10 rings (SSSR count). The monoisotopic (exact) mass is 925 g/mol. The van der Waals surface area contributed by atoms with Gasteiger partial charge in [0.2, 0.25) is 17.3 Å². The van der Waals surface area contributed by atoms with Crippen molar-refractivity contribution in [3.63, 3.8) is 0 Å². The second-order valence-electron chi connectivity index (χ2n) is 27.5. The molecule has 7 aliphatic rings. The van der Waals surface area contributed by atoms with Crippen LogP contribution < -0.4 is 14.2 Å². The lowest BCUT2D eigenvalue weighted by atomic mass is 9.72. The molecule has 9 bridgehead atoms. The van der Waals surface area contributed by atoms with E-state index in [2.05, 4.69) is 161 Å². The normalized spacial score (nSPS) is 25.0. The van der Waals surface area contributed by atoms with Gasteiger partial charge in [-0.2, -0.15) is 0 Å². The average Bonchev–Trinajstić information content (AvgIpc) is 3.89. The van der Waals surface area contributed by atoms with Gasteiger partial charge in [-0.1, -0.05) is 143 Å². The van der Waals surface area contributed by atoms with Gasteiger partial charge in [-0.3, -0.25) is 14.4 Å². The van der Waals surface area contributed by atoms with Crippen molar-refractivity contribution in [1.82, 2.24) is 0 Å². The van der Waals surface area contributed by atoms with Gasteiger partial charge in [0.05, 0.1) is 0 Å². The SMILES string of the molecule is CC(C)(C)C1=CC23Cc4cc(C(C)(C)C)cc(c4O2)C2=CC(C(C)(C)C)=CC4(Cc5cc(C(C)(C)C)cc(c5O4)C4=CC(C(C)(C)C)=CC5(Cc6cc(C(C)(C)C)cc(c6O5)C(=C1)C3=O)C4=O)C2=O. The largest absolute Gasteiger partial charge is 0.474 e. The van der Waals surface area contributed by atoms with Crippen molar-refractivity contribution in [3.8, 4) is 17.2 Å². The van der Waals surface area contributed by atoms with Gasteiger partial charge in [-0.25, -0.2) is 0 Å². The molecule has 3 atom stereocenters. The summed E-state index contributed by atoms with van der Waals surface area (Å²) in [6.45, 7) is 39.1. The van der Waals surface area contributed by atoms with Crippen molar-refractivity contribution in [2.24, 2.45) is 16.2 Å². The maximum Gasteiger partial charge on any atom is 0.211 e. The van der Waals surface area contributed by atoms with E-state index in [1.807, 2.05) is 36.5 Å². The van der Waals surface area contributed by atoms with E-state index in [0.29, 0.717) is 50.7 Å². The lowest BCUT2D eigenvalue weighted by molar-refractivity contribution is -0.124. The number of hydrogen-bond acceptors (Lipinski definition) is 6. The third-order valence-corrected chi connectivity index (χ3v) is 15.7. The van der Waals surface area contributed by atoms with Crippen molar-refractivity contribution in [1.29, 1.82) is 0 Å².